The third-order valence-electron chi connectivity index (χ3n) is 2.58. The summed E-state index contributed by atoms with van der Waals surface area (Å²) in [7, 11) is 0. The molecule has 0 spiro atoms. The average Bonchev–Trinajstić information content (AvgIpc) is 2.37. The number of rotatable bonds is 3. The van der Waals surface area contributed by atoms with Gasteiger partial charge in [0.15, 0.2) is 0 Å². The molecule has 0 unspecified atom stereocenters. The van der Waals surface area contributed by atoms with Crippen molar-refractivity contribution in [1.82, 2.24) is 0 Å². The van der Waals surface area contributed by atoms with E-state index in [1.165, 1.54) is 36.4 Å². The van der Waals surface area contributed by atoms with Crippen molar-refractivity contribution < 1.29 is 23.1 Å². The van der Waals surface area contributed by atoms with E-state index >= 15 is 0 Å². The van der Waals surface area contributed by atoms with Crippen LogP contribution in [0.1, 0.15) is 5.56 Å². The number of halogens is 3. The van der Waals surface area contributed by atoms with E-state index in [-0.39, 0.29) is 5.56 Å². The van der Waals surface area contributed by atoms with E-state index < -0.39 is 23.8 Å². The van der Waals surface area contributed by atoms with Crippen LogP contribution in [0.4, 0.5) is 13.2 Å². The summed E-state index contributed by atoms with van der Waals surface area (Å²) in [5.41, 5.74) is 0.105. The van der Waals surface area contributed by atoms with Gasteiger partial charge in [-0.15, -0.1) is 0 Å². The first-order chi connectivity index (χ1) is 8.97. The zero-order chi connectivity index (χ0) is 14.0. The number of carbonyl (C=O) groups is 1. The molecule has 19 heavy (non-hydrogen) atoms. The van der Waals surface area contributed by atoms with Crippen LogP contribution >= 0.6 is 0 Å². The minimum Gasteiger partial charge on any atom is -0.872 e. The van der Waals surface area contributed by atoms with E-state index in [9.17, 15) is 23.1 Å². The number of allylic oxidation sites excluding steroid dienone is 1. The van der Waals surface area contributed by atoms with Crippen molar-refractivity contribution in [2.24, 2.45) is 0 Å². The maximum absolute atomic E-state index is 13.0. The molecule has 0 amide bonds. The van der Waals surface area contributed by atoms with E-state index in [0.717, 1.165) is 0 Å². The van der Waals surface area contributed by atoms with Crippen LogP contribution in [0.3, 0.4) is 0 Å². The normalized spacial score (nSPS) is 12.1. The Balaban J connectivity index is 2.41. The van der Waals surface area contributed by atoms with E-state index in [1.807, 2.05) is 0 Å². The molecule has 0 saturated carbocycles. The van der Waals surface area contributed by atoms with Crippen molar-refractivity contribution in [3.8, 4) is 0 Å². The Morgan fingerprint density at radius 3 is 2.42 bits per heavy atom. The van der Waals surface area contributed by atoms with Crippen LogP contribution in [-0.4, -0.2) is 12.2 Å². The lowest BCUT2D eigenvalue weighted by Crippen LogP contribution is -2.11. The summed E-state index contributed by atoms with van der Waals surface area (Å²) in [5.74, 6) is -2.73. The van der Waals surface area contributed by atoms with Crippen LogP contribution in [0.2, 0.25) is 0 Å². The van der Waals surface area contributed by atoms with Crippen LogP contribution in [0.15, 0.2) is 42.5 Å². The lowest BCUT2D eigenvalue weighted by Gasteiger charge is -2.12. The minimum atomic E-state index is -3.20. The van der Waals surface area contributed by atoms with Gasteiger partial charge in [-0.05, 0) is 40.6 Å². The molecule has 2 aromatic carbocycles. The molecule has 0 heterocycles. The van der Waals surface area contributed by atoms with Crippen molar-refractivity contribution in [3.05, 3.63) is 53.9 Å². The molecular weight excluding hydrogens is 257 g/mol. The van der Waals surface area contributed by atoms with E-state index in [4.69, 9.17) is 0 Å². The van der Waals surface area contributed by atoms with Crippen molar-refractivity contribution in [1.29, 1.82) is 0 Å². The largest absolute Gasteiger partial charge is 0.872 e. The van der Waals surface area contributed by atoms with E-state index in [0.29, 0.717) is 16.8 Å². The quantitative estimate of drug-likeness (QED) is 0.632. The Hall–Kier alpha value is -2.30. The van der Waals surface area contributed by atoms with Gasteiger partial charge < -0.3 is 5.11 Å². The van der Waals surface area contributed by atoms with Crippen LogP contribution in [-0.2, 0) is 4.79 Å². The third kappa shape index (κ3) is 2.93. The molecule has 0 aliphatic heterocycles. The highest BCUT2D eigenvalue weighted by Crippen LogP contribution is 2.20. The summed E-state index contributed by atoms with van der Waals surface area (Å²) in [6, 6.07) is 8.26. The molecule has 2 rings (SSSR count). The van der Waals surface area contributed by atoms with Crippen LogP contribution in [0, 0.1) is 5.82 Å². The van der Waals surface area contributed by atoms with Gasteiger partial charge in [0.1, 0.15) is 5.82 Å². The van der Waals surface area contributed by atoms with Crippen molar-refractivity contribution in [2.45, 2.75) is 6.43 Å². The highest BCUT2D eigenvalue weighted by atomic mass is 19.3. The first-order valence-corrected chi connectivity index (χ1v) is 5.38. The number of hydrogen-bond acceptors (Lipinski definition) is 2. The number of ketones is 1. The van der Waals surface area contributed by atoms with Crippen LogP contribution in [0.25, 0.3) is 16.5 Å². The SMILES string of the molecule is O=C(/C=C(\[O-])c1ccc2cc(F)ccc2c1)C(F)F. The van der Waals surface area contributed by atoms with Crippen LogP contribution < -0.4 is 5.11 Å². The molecule has 0 radical (unpaired) electrons. The lowest BCUT2D eigenvalue weighted by molar-refractivity contribution is -0.244. The molecule has 0 N–H and O–H groups in total. The summed E-state index contributed by atoms with van der Waals surface area (Å²) >= 11 is 0. The zero-order valence-electron chi connectivity index (χ0n) is 9.57. The number of alkyl halides is 2. The van der Waals surface area contributed by atoms with Gasteiger partial charge in [0.05, 0.1) is 0 Å². The fourth-order valence-electron chi connectivity index (χ4n) is 1.65. The maximum Gasteiger partial charge on any atom is 0.299 e. The highest BCUT2D eigenvalue weighted by molar-refractivity contribution is 5.98. The number of fused-ring (bicyclic) bond motifs is 1. The molecule has 0 atom stereocenters. The number of hydrogen-bond donors (Lipinski definition) is 0. The summed E-state index contributed by atoms with van der Waals surface area (Å²) in [4.78, 5) is 10.8. The standard InChI is InChI=1S/C14H9F3O2/c15-11-4-3-8-5-10(2-1-9(8)6-11)12(18)7-13(19)14(16)17/h1-7,14,18H/p-1/b12-7-. The Labute approximate surface area is 106 Å². The zero-order valence-corrected chi connectivity index (χ0v) is 9.57. The molecule has 98 valence electrons. The van der Waals surface area contributed by atoms with Crippen LogP contribution in [0.5, 0.6) is 0 Å². The fraction of sp³-hybridized carbons (Fsp3) is 0.0714. The second-order valence-corrected chi connectivity index (χ2v) is 3.92. The Bertz CT molecular complexity index is 663. The molecule has 0 aliphatic carbocycles. The van der Waals surface area contributed by atoms with Crippen molar-refractivity contribution in [3.63, 3.8) is 0 Å². The molecule has 0 fully saturated rings. The molecule has 2 nitrogen and oxygen atoms in total. The topological polar surface area (TPSA) is 40.1 Å². The third-order valence-corrected chi connectivity index (χ3v) is 2.58. The molecule has 0 aliphatic rings. The van der Waals surface area contributed by atoms with E-state index in [2.05, 4.69) is 0 Å². The Morgan fingerprint density at radius 2 is 1.74 bits per heavy atom. The summed E-state index contributed by atoms with van der Waals surface area (Å²) in [5, 5.41) is 12.8. The molecular formula is C14H8F3O2-. The predicted molar refractivity (Wildman–Crippen MR) is 62.9 cm³/mol. The van der Waals surface area contributed by atoms with Gasteiger partial charge in [0, 0.05) is 0 Å². The van der Waals surface area contributed by atoms with E-state index in [1.54, 1.807) is 0 Å². The Kier molecular flexibility index (Phi) is 3.55. The second kappa shape index (κ2) is 5.14. The average molecular weight is 265 g/mol. The predicted octanol–water partition coefficient (Wildman–Crippen LogP) is 2.51. The number of benzene rings is 2. The molecule has 0 bridgehead atoms. The fourth-order valence-corrected chi connectivity index (χ4v) is 1.65. The van der Waals surface area contributed by atoms with Gasteiger partial charge in [-0.1, -0.05) is 24.0 Å². The van der Waals surface area contributed by atoms with Crippen molar-refractivity contribution >= 4 is 22.3 Å². The molecule has 2 aromatic rings. The molecule has 0 aromatic heterocycles. The monoisotopic (exact) mass is 265 g/mol. The molecule has 0 saturated heterocycles. The molecule has 5 heteroatoms. The van der Waals surface area contributed by atoms with Gasteiger partial charge in [-0.2, -0.15) is 0 Å². The maximum atomic E-state index is 13.0. The first-order valence-electron chi connectivity index (χ1n) is 5.38. The minimum absolute atomic E-state index is 0.105. The van der Waals surface area contributed by atoms with Gasteiger partial charge in [-0.3, -0.25) is 4.79 Å². The first kappa shape index (κ1) is 13.1. The lowest BCUT2D eigenvalue weighted by atomic mass is 10.1. The summed E-state index contributed by atoms with van der Waals surface area (Å²) in [6.45, 7) is 0. The summed E-state index contributed by atoms with van der Waals surface area (Å²) in [6.07, 6.45) is -2.83. The highest BCUT2D eigenvalue weighted by Gasteiger charge is 2.11. The summed E-state index contributed by atoms with van der Waals surface area (Å²) < 4.78 is 37.0. The van der Waals surface area contributed by atoms with Gasteiger partial charge in [0.2, 0.25) is 5.78 Å². The van der Waals surface area contributed by atoms with Crippen molar-refractivity contribution in [2.75, 3.05) is 0 Å². The van der Waals surface area contributed by atoms with Gasteiger partial charge in [0.25, 0.3) is 6.43 Å². The second-order valence-electron chi connectivity index (χ2n) is 3.92. The number of carbonyl (C=O) groups excluding carboxylic acids is 1. The van der Waals surface area contributed by atoms with Gasteiger partial charge in [-0.25, -0.2) is 13.2 Å². The smallest absolute Gasteiger partial charge is 0.299 e. The van der Waals surface area contributed by atoms with Gasteiger partial charge >= 0.3 is 0 Å². The Morgan fingerprint density at radius 1 is 1.11 bits per heavy atom.